The Morgan fingerprint density at radius 2 is 1.76 bits per heavy atom. The van der Waals surface area contributed by atoms with Gasteiger partial charge in [-0.3, -0.25) is 14.4 Å². The number of carbonyl (C=O) groups is 1. The number of carbonyl (C=O) groups excluding carboxylic acids is 1. The average Bonchev–Trinajstić information content (AvgIpc) is 3.30. The minimum Gasteiger partial charge on any atom is -0.497 e. The lowest BCUT2D eigenvalue weighted by atomic mass is 9.72. The number of nitrogens with one attached hydrogen (secondary N) is 2. The Hall–Kier alpha value is -4.43. The Labute approximate surface area is 271 Å². The van der Waals surface area contributed by atoms with Gasteiger partial charge >= 0.3 is 6.09 Å². The molecule has 0 fully saturated rings. The largest absolute Gasteiger partial charge is 0.497 e. The molecule has 1 aromatic heterocycles. The van der Waals surface area contributed by atoms with Crippen LogP contribution in [-0.2, 0) is 29.1 Å². The second-order valence-electron chi connectivity index (χ2n) is 11.7. The van der Waals surface area contributed by atoms with Crippen LogP contribution in [0.5, 0.6) is 5.75 Å². The lowest BCUT2D eigenvalue weighted by Gasteiger charge is -2.37. The van der Waals surface area contributed by atoms with E-state index in [0.717, 1.165) is 28.1 Å². The molecule has 15 heteroatoms. The number of fused-ring (bicyclic) bond motifs is 1. The average molecular weight is 677 g/mol. The third kappa shape index (κ3) is 7.68. The molecule has 11 nitrogen and oxygen atoms in total. The Morgan fingerprint density at radius 1 is 1.13 bits per heavy atom. The number of benzene rings is 3. The van der Waals surface area contributed by atoms with Crippen molar-refractivity contribution in [1.82, 2.24) is 9.78 Å². The fourth-order valence-electron chi connectivity index (χ4n) is 5.45. The Balaban J connectivity index is 1.74. The first kappa shape index (κ1) is 34.4. The molecule has 0 saturated heterocycles. The van der Waals surface area contributed by atoms with Gasteiger partial charge in [0, 0.05) is 25.6 Å². The van der Waals surface area contributed by atoms with Crippen LogP contribution in [0.25, 0.3) is 10.9 Å². The zero-order valence-corrected chi connectivity index (χ0v) is 27.5. The van der Waals surface area contributed by atoms with Crippen LogP contribution in [0, 0.1) is 22.5 Å². The van der Waals surface area contributed by atoms with E-state index in [-0.39, 0.29) is 34.5 Å². The number of aryl methyl sites for hydroxylation is 1. The molecular weight excluding hydrogens is 642 g/mol. The molecular formula is C31H35ClF2N6O5S. The van der Waals surface area contributed by atoms with Crippen molar-refractivity contribution in [3.63, 3.8) is 0 Å². The number of amides is 1. The highest BCUT2D eigenvalue weighted by molar-refractivity contribution is 7.74. The van der Waals surface area contributed by atoms with Gasteiger partial charge in [-0.15, -0.1) is 0 Å². The number of thiol groups is 1. The van der Waals surface area contributed by atoms with Crippen molar-refractivity contribution in [3.8, 4) is 5.75 Å². The zero-order chi connectivity index (χ0) is 33.9. The third-order valence-corrected chi connectivity index (χ3v) is 8.51. The molecule has 0 aliphatic carbocycles. The second kappa shape index (κ2) is 13.9. The van der Waals surface area contributed by atoms with Crippen LogP contribution in [0.3, 0.4) is 0 Å². The summed E-state index contributed by atoms with van der Waals surface area (Å²) in [6, 6.07) is 13.2. The lowest BCUT2D eigenvalue weighted by molar-refractivity contribution is 0.0954. The molecule has 0 aliphatic rings. The van der Waals surface area contributed by atoms with Crippen molar-refractivity contribution in [3.05, 3.63) is 82.4 Å². The lowest BCUT2D eigenvalue weighted by Crippen LogP contribution is -2.43. The van der Waals surface area contributed by atoms with Crippen molar-refractivity contribution in [1.29, 1.82) is 5.41 Å². The number of anilines is 2. The van der Waals surface area contributed by atoms with Gasteiger partial charge in [-0.1, -0.05) is 44.5 Å². The summed E-state index contributed by atoms with van der Waals surface area (Å²) in [5.74, 6) is -2.21. The topological polar surface area (TPSA) is 153 Å². The summed E-state index contributed by atoms with van der Waals surface area (Å²) in [7, 11) is 0.000175. The van der Waals surface area contributed by atoms with E-state index in [1.54, 1.807) is 53.1 Å². The van der Waals surface area contributed by atoms with Crippen LogP contribution in [0.1, 0.15) is 37.8 Å². The number of rotatable bonds is 11. The fraction of sp³-hybridized carbons (Fsp3) is 0.323. The molecule has 3 aromatic carbocycles. The van der Waals surface area contributed by atoms with Crippen LogP contribution in [0.2, 0.25) is 5.02 Å². The number of hydrogen-bond acceptors (Lipinski definition) is 7. The summed E-state index contributed by atoms with van der Waals surface area (Å²) < 4.78 is 66.7. The third-order valence-electron chi connectivity index (χ3n) is 7.41. The molecule has 46 heavy (non-hydrogen) atoms. The number of methoxy groups -OCH3 is 1. The van der Waals surface area contributed by atoms with Crippen molar-refractivity contribution in [2.75, 3.05) is 23.3 Å². The number of aromatic nitrogens is 2. The molecule has 4 rings (SSSR count). The van der Waals surface area contributed by atoms with E-state index in [2.05, 4.69) is 10.4 Å². The Kier molecular flexibility index (Phi) is 10.4. The van der Waals surface area contributed by atoms with Crippen LogP contribution in [-0.4, -0.2) is 49.9 Å². The minimum atomic E-state index is -3.14. The highest BCUT2D eigenvalue weighted by Gasteiger charge is 2.39. The fourth-order valence-corrected chi connectivity index (χ4v) is 6.24. The maximum atomic E-state index is 14.3. The van der Waals surface area contributed by atoms with E-state index in [0.29, 0.717) is 23.1 Å². The molecule has 0 radical (unpaired) electrons. The van der Waals surface area contributed by atoms with Crippen LogP contribution in [0.4, 0.5) is 25.1 Å². The van der Waals surface area contributed by atoms with E-state index in [1.807, 2.05) is 12.1 Å². The van der Waals surface area contributed by atoms with Gasteiger partial charge in [0.1, 0.15) is 23.2 Å². The molecule has 0 bridgehead atoms. The maximum Gasteiger partial charge on any atom is 0.405 e. The smallest absolute Gasteiger partial charge is 0.405 e. The second-order valence-corrected chi connectivity index (χ2v) is 13.0. The summed E-state index contributed by atoms with van der Waals surface area (Å²) in [6.07, 6.45) is -2.24. The molecule has 246 valence electrons. The van der Waals surface area contributed by atoms with Crippen LogP contribution in [0.15, 0.2) is 54.6 Å². The first-order chi connectivity index (χ1) is 21.6. The first-order valence-corrected chi connectivity index (χ1v) is 15.6. The van der Waals surface area contributed by atoms with E-state index < -0.39 is 46.1 Å². The summed E-state index contributed by atoms with van der Waals surface area (Å²) >= 11 is 6.61. The van der Waals surface area contributed by atoms with Crippen molar-refractivity contribution in [2.45, 2.75) is 39.2 Å². The molecule has 2 atom stereocenters. The summed E-state index contributed by atoms with van der Waals surface area (Å²) in [4.78, 5) is 12.0. The number of primary amides is 1. The van der Waals surface area contributed by atoms with Crippen LogP contribution >= 0.6 is 11.6 Å². The van der Waals surface area contributed by atoms with E-state index in [9.17, 15) is 22.0 Å². The summed E-state index contributed by atoms with van der Waals surface area (Å²) in [5, 5.41) is 16.9. The molecule has 1 heterocycles. The minimum absolute atomic E-state index is 0.0624. The Morgan fingerprint density at radius 3 is 2.30 bits per heavy atom. The monoisotopic (exact) mass is 676 g/mol. The predicted molar refractivity (Wildman–Crippen MR) is 174 cm³/mol. The van der Waals surface area contributed by atoms with Crippen molar-refractivity contribution in [2.24, 2.45) is 18.2 Å². The number of halogens is 3. The number of hydrogen-bond donors (Lipinski definition) is 4. The van der Waals surface area contributed by atoms with Crippen molar-refractivity contribution < 1.29 is 31.5 Å². The summed E-state index contributed by atoms with van der Waals surface area (Å²) in [6.45, 7) is 5.36. The van der Waals surface area contributed by atoms with Gasteiger partial charge < -0.3 is 20.5 Å². The highest BCUT2D eigenvalue weighted by atomic mass is 35.5. The van der Waals surface area contributed by atoms with Gasteiger partial charge in [0.25, 0.3) is 0 Å². The predicted octanol–water partition coefficient (Wildman–Crippen LogP) is 5.77. The number of nitrogens with zero attached hydrogens (tertiary/aromatic N) is 3. The molecule has 0 spiro atoms. The molecule has 4 aromatic rings. The van der Waals surface area contributed by atoms with Gasteiger partial charge in [0.2, 0.25) is 10.9 Å². The molecule has 2 unspecified atom stereocenters. The number of nitrogens with two attached hydrogens (primary N) is 1. The SMILES string of the molecule is COc1ccc(CCN(c2nn(C)c3c(NC(=N)C(OC(N)=O)C(c4cc(F)cc(F)c4)C(C)(C)C)ccc(Cl)c23)[SH](=O)=O)cc1. The van der Waals surface area contributed by atoms with Gasteiger partial charge in [0.05, 0.1) is 28.7 Å². The van der Waals surface area contributed by atoms with E-state index in [1.165, 1.54) is 10.7 Å². The highest BCUT2D eigenvalue weighted by Crippen LogP contribution is 2.41. The molecule has 1 amide bonds. The van der Waals surface area contributed by atoms with Crippen LogP contribution < -0.4 is 20.1 Å². The van der Waals surface area contributed by atoms with Gasteiger partial charge in [-0.2, -0.15) is 5.10 Å². The maximum absolute atomic E-state index is 14.3. The Bertz CT molecular complexity index is 1810. The normalized spacial score (nSPS) is 13.0. The summed E-state index contributed by atoms with van der Waals surface area (Å²) in [5.41, 5.74) is 6.26. The van der Waals surface area contributed by atoms with Gasteiger partial charge in [-0.05, 0) is 59.4 Å². The van der Waals surface area contributed by atoms with Gasteiger partial charge in [-0.25, -0.2) is 22.0 Å². The first-order valence-electron chi connectivity index (χ1n) is 14.1. The quantitative estimate of drug-likeness (QED) is 0.0894. The van der Waals surface area contributed by atoms with E-state index >= 15 is 0 Å². The zero-order valence-electron chi connectivity index (χ0n) is 25.8. The standard InChI is InChI=1S/C31H35ClF2N6O5S/c1-31(2,3)25(18-14-19(33)16-20(34)15-18)27(45-30(36)41)28(35)37-23-11-10-22(32)24-26(23)39(4)38-29(24)40(46(42)43)13-12-17-6-8-21(44-5)9-7-17/h6-11,14-16,25,27,46H,12-13H2,1-5H3,(H2,35,37)(H2,36,41). The van der Waals surface area contributed by atoms with Crippen molar-refractivity contribution >= 4 is 56.8 Å². The number of ether oxygens (including phenoxy) is 2. The molecule has 0 aliphatic heterocycles. The van der Waals surface area contributed by atoms with Gasteiger partial charge in [0.15, 0.2) is 11.9 Å². The molecule has 0 saturated carbocycles. The molecule has 4 N–H and O–H groups in total. The number of amidine groups is 1. The van der Waals surface area contributed by atoms with E-state index in [4.69, 9.17) is 32.2 Å².